The number of nitrogens with one attached hydrogen (secondary N) is 1. The van der Waals surface area contributed by atoms with Crippen LogP contribution in [-0.2, 0) is 10.0 Å². The van der Waals surface area contributed by atoms with Gasteiger partial charge in [-0.15, -0.1) is 0 Å². The van der Waals surface area contributed by atoms with Crippen LogP contribution in [0.4, 0.5) is 5.69 Å². The van der Waals surface area contributed by atoms with Gasteiger partial charge in [-0.3, -0.25) is 9.52 Å². The Balaban J connectivity index is 1.83. The second-order valence-corrected chi connectivity index (χ2v) is 6.86. The van der Waals surface area contributed by atoms with Crippen LogP contribution in [-0.4, -0.2) is 21.8 Å². The number of methoxy groups -OCH3 is 1. The topological polar surface area (TPSA) is 85.6 Å². The zero-order chi connectivity index (χ0) is 17.9. The van der Waals surface area contributed by atoms with E-state index in [9.17, 15) is 13.2 Å². The molecule has 1 heterocycles. The van der Waals surface area contributed by atoms with E-state index in [1.807, 2.05) is 0 Å². The predicted octanol–water partition coefficient (Wildman–Crippen LogP) is 3.57. The molecule has 0 aliphatic heterocycles. The second kappa shape index (κ2) is 6.82. The molecule has 128 valence electrons. The zero-order valence-electron chi connectivity index (χ0n) is 13.3. The molecule has 0 spiro atoms. The van der Waals surface area contributed by atoms with Crippen LogP contribution in [0.15, 0.2) is 70.0 Å². The largest absolute Gasteiger partial charge is 0.497 e. The van der Waals surface area contributed by atoms with E-state index in [0.29, 0.717) is 29.0 Å². The SMILES string of the molecule is COc1cccc(NS(=O)(=O)c2ccc(-c3ccc(C=O)o3)cc2)c1. The van der Waals surface area contributed by atoms with Crippen molar-refractivity contribution in [2.24, 2.45) is 0 Å². The van der Waals surface area contributed by atoms with Gasteiger partial charge in [0.25, 0.3) is 10.0 Å². The highest BCUT2D eigenvalue weighted by atomic mass is 32.2. The highest BCUT2D eigenvalue weighted by molar-refractivity contribution is 7.92. The van der Waals surface area contributed by atoms with E-state index in [4.69, 9.17) is 9.15 Å². The van der Waals surface area contributed by atoms with Crippen molar-refractivity contribution in [2.45, 2.75) is 4.90 Å². The molecule has 0 fully saturated rings. The normalized spacial score (nSPS) is 11.1. The van der Waals surface area contributed by atoms with Crippen LogP contribution in [0.5, 0.6) is 5.75 Å². The lowest BCUT2D eigenvalue weighted by atomic mass is 10.2. The molecule has 1 aromatic heterocycles. The summed E-state index contributed by atoms with van der Waals surface area (Å²) in [6.07, 6.45) is 0.611. The van der Waals surface area contributed by atoms with Crippen LogP contribution in [0.1, 0.15) is 10.6 Å². The smallest absolute Gasteiger partial charge is 0.261 e. The monoisotopic (exact) mass is 357 g/mol. The van der Waals surface area contributed by atoms with Crippen molar-refractivity contribution >= 4 is 22.0 Å². The number of ether oxygens (including phenoxy) is 1. The molecule has 6 nitrogen and oxygen atoms in total. The lowest BCUT2D eigenvalue weighted by Gasteiger charge is -2.09. The Morgan fingerprint density at radius 1 is 1.04 bits per heavy atom. The fourth-order valence-electron chi connectivity index (χ4n) is 2.27. The molecule has 25 heavy (non-hydrogen) atoms. The summed E-state index contributed by atoms with van der Waals surface area (Å²) < 4.78 is 37.9. The Kier molecular flexibility index (Phi) is 4.58. The number of rotatable bonds is 6. The third-order valence-corrected chi connectivity index (χ3v) is 4.91. The summed E-state index contributed by atoms with van der Waals surface area (Å²) in [6, 6.07) is 16.0. The Bertz CT molecular complexity index is 990. The maximum Gasteiger partial charge on any atom is 0.261 e. The van der Waals surface area contributed by atoms with E-state index in [1.54, 1.807) is 48.5 Å². The van der Waals surface area contributed by atoms with Crippen molar-refractivity contribution in [3.8, 4) is 17.1 Å². The third kappa shape index (κ3) is 3.72. The number of hydrogen-bond donors (Lipinski definition) is 1. The maximum atomic E-state index is 12.5. The summed E-state index contributed by atoms with van der Waals surface area (Å²) in [5, 5.41) is 0. The number of carbonyl (C=O) groups excluding carboxylic acids is 1. The second-order valence-electron chi connectivity index (χ2n) is 5.18. The van der Waals surface area contributed by atoms with Crippen LogP contribution in [0.2, 0.25) is 0 Å². The lowest BCUT2D eigenvalue weighted by Crippen LogP contribution is -2.12. The van der Waals surface area contributed by atoms with Gasteiger partial charge in [0.2, 0.25) is 0 Å². The highest BCUT2D eigenvalue weighted by Gasteiger charge is 2.15. The summed E-state index contributed by atoms with van der Waals surface area (Å²) in [5.74, 6) is 1.26. The minimum Gasteiger partial charge on any atom is -0.497 e. The summed E-state index contributed by atoms with van der Waals surface area (Å²) in [5.41, 5.74) is 1.08. The first-order valence-electron chi connectivity index (χ1n) is 7.34. The Morgan fingerprint density at radius 3 is 2.44 bits per heavy atom. The van der Waals surface area contributed by atoms with Gasteiger partial charge in [-0.25, -0.2) is 8.42 Å². The minimum atomic E-state index is -3.73. The van der Waals surface area contributed by atoms with E-state index in [0.717, 1.165) is 0 Å². The molecule has 0 atom stereocenters. The van der Waals surface area contributed by atoms with Crippen molar-refractivity contribution in [3.63, 3.8) is 0 Å². The lowest BCUT2D eigenvalue weighted by molar-refractivity contribution is 0.110. The van der Waals surface area contributed by atoms with Gasteiger partial charge < -0.3 is 9.15 Å². The number of furan rings is 1. The summed E-state index contributed by atoms with van der Waals surface area (Å²) in [6.45, 7) is 0. The Morgan fingerprint density at radius 2 is 1.80 bits per heavy atom. The molecule has 3 rings (SSSR count). The molecule has 0 saturated heterocycles. The van der Waals surface area contributed by atoms with Crippen LogP contribution < -0.4 is 9.46 Å². The molecule has 1 N–H and O–H groups in total. The van der Waals surface area contributed by atoms with Crippen LogP contribution in [0.3, 0.4) is 0 Å². The molecular formula is C18H15NO5S. The molecular weight excluding hydrogens is 342 g/mol. The van der Waals surface area contributed by atoms with Gasteiger partial charge in [-0.1, -0.05) is 6.07 Å². The summed E-state index contributed by atoms with van der Waals surface area (Å²) >= 11 is 0. The molecule has 0 saturated carbocycles. The first-order chi connectivity index (χ1) is 12.0. The average molecular weight is 357 g/mol. The van der Waals surface area contributed by atoms with E-state index in [1.165, 1.54) is 19.2 Å². The first kappa shape index (κ1) is 16.8. The van der Waals surface area contributed by atoms with E-state index in [-0.39, 0.29) is 10.7 Å². The molecule has 0 unspecified atom stereocenters. The van der Waals surface area contributed by atoms with Gasteiger partial charge in [0.1, 0.15) is 11.5 Å². The van der Waals surface area contributed by atoms with Crippen LogP contribution in [0, 0.1) is 0 Å². The average Bonchev–Trinajstić information content (AvgIpc) is 3.11. The fourth-order valence-corrected chi connectivity index (χ4v) is 3.32. The highest BCUT2D eigenvalue weighted by Crippen LogP contribution is 2.25. The number of sulfonamides is 1. The summed E-state index contributed by atoms with van der Waals surface area (Å²) in [7, 11) is -2.22. The molecule has 0 aliphatic carbocycles. The van der Waals surface area contributed by atoms with E-state index < -0.39 is 10.0 Å². The number of benzene rings is 2. The Labute approximate surface area is 145 Å². The van der Waals surface area contributed by atoms with Gasteiger partial charge >= 0.3 is 0 Å². The van der Waals surface area contributed by atoms with Gasteiger partial charge in [0.15, 0.2) is 12.0 Å². The minimum absolute atomic E-state index is 0.112. The van der Waals surface area contributed by atoms with E-state index in [2.05, 4.69) is 4.72 Å². The quantitative estimate of drug-likeness (QED) is 0.682. The zero-order valence-corrected chi connectivity index (χ0v) is 14.1. The van der Waals surface area contributed by atoms with Crippen molar-refractivity contribution in [2.75, 3.05) is 11.8 Å². The molecule has 7 heteroatoms. The first-order valence-corrected chi connectivity index (χ1v) is 8.82. The maximum absolute atomic E-state index is 12.5. The van der Waals surface area contributed by atoms with Crippen molar-refractivity contribution < 1.29 is 22.4 Å². The van der Waals surface area contributed by atoms with Gasteiger partial charge in [0, 0.05) is 11.6 Å². The van der Waals surface area contributed by atoms with E-state index >= 15 is 0 Å². The third-order valence-electron chi connectivity index (χ3n) is 3.51. The van der Waals surface area contributed by atoms with Crippen molar-refractivity contribution in [1.29, 1.82) is 0 Å². The molecule has 3 aromatic rings. The Hall–Kier alpha value is -3.06. The molecule has 2 aromatic carbocycles. The number of hydrogen-bond acceptors (Lipinski definition) is 5. The number of anilines is 1. The van der Waals surface area contributed by atoms with Gasteiger partial charge in [-0.05, 0) is 48.5 Å². The molecule has 0 radical (unpaired) electrons. The standard InChI is InChI=1S/C18H15NO5S/c1-23-15-4-2-3-14(11-15)19-25(21,22)17-8-5-13(6-9-17)18-10-7-16(12-20)24-18/h2-12,19H,1H3. The van der Waals surface area contributed by atoms with Gasteiger partial charge in [-0.2, -0.15) is 0 Å². The summed E-state index contributed by atoms with van der Waals surface area (Å²) in [4.78, 5) is 10.8. The van der Waals surface area contributed by atoms with Crippen LogP contribution in [0.25, 0.3) is 11.3 Å². The molecule has 0 amide bonds. The molecule has 0 bridgehead atoms. The number of carbonyl (C=O) groups is 1. The van der Waals surface area contributed by atoms with Crippen molar-refractivity contribution in [1.82, 2.24) is 0 Å². The fraction of sp³-hybridized carbons (Fsp3) is 0.0556. The number of aldehydes is 1. The van der Waals surface area contributed by atoms with Gasteiger partial charge in [0.05, 0.1) is 17.7 Å². The van der Waals surface area contributed by atoms with Crippen LogP contribution >= 0.6 is 0 Å². The molecule has 0 aliphatic rings. The van der Waals surface area contributed by atoms with Crippen molar-refractivity contribution in [3.05, 3.63) is 66.4 Å². The predicted molar refractivity (Wildman–Crippen MR) is 93.3 cm³/mol.